The number of aryl methyl sites for hydroxylation is 1. The topological polar surface area (TPSA) is 63.9 Å². The van der Waals surface area contributed by atoms with Gasteiger partial charge in [-0.25, -0.2) is 0 Å². The van der Waals surface area contributed by atoms with E-state index in [-0.39, 0.29) is 17.7 Å². The molecule has 0 saturated heterocycles. The normalized spacial score (nSPS) is 10.9. The number of tetrazole rings is 1. The van der Waals surface area contributed by atoms with Gasteiger partial charge in [-0.2, -0.15) is 4.68 Å². The molecule has 0 radical (unpaired) electrons. The van der Waals surface area contributed by atoms with Crippen molar-refractivity contribution in [1.82, 2.24) is 25.1 Å². The zero-order valence-corrected chi connectivity index (χ0v) is 18.2. The lowest BCUT2D eigenvalue weighted by Crippen LogP contribution is -2.33. The summed E-state index contributed by atoms with van der Waals surface area (Å²) >= 11 is 1.33. The molecule has 4 rings (SSSR count). The first-order valence-electron chi connectivity index (χ1n) is 9.97. The quantitative estimate of drug-likeness (QED) is 0.410. The Morgan fingerprint density at radius 2 is 1.52 bits per heavy atom. The molecule has 31 heavy (non-hydrogen) atoms. The van der Waals surface area contributed by atoms with Gasteiger partial charge in [0.2, 0.25) is 11.1 Å². The number of rotatable bonds is 7. The molecule has 3 aromatic carbocycles. The van der Waals surface area contributed by atoms with Crippen molar-refractivity contribution in [3.8, 4) is 5.69 Å². The van der Waals surface area contributed by atoms with Gasteiger partial charge in [-0.1, -0.05) is 90.1 Å². The van der Waals surface area contributed by atoms with Crippen molar-refractivity contribution in [1.29, 1.82) is 0 Å². The maximum atomic E-state index is 13.1. The molecule has 0 N–H and O–H groups in total. The number of carbonyl (C=O) groups excluding carboxylic acids is 1. The predicted octanol–water partition coefficient (Wildman–Crippen LogP) is 4.31. The molecule has 1 aromatic heterocycles. The first-order valence-corrected chi connectivity index (χ1v) is 11.0. The van der Waals surface area contributed by atoms with Crippen LogP contribution in [0.25, 0.3) is 5.69 Å². The van der Waals surface area contributed by atoms with Crippen LogP contribution in [0.4, 0.5) is 0 Å². The fourth-order valence-electron chi connectivity index (χ4n) is 3.40. The molecule has 0 aliphatic heterocycles. The second kappa shape index (κ2) is 9.57. The lowest BCUT2D eigenvalue weighted by molar-refractivity contribution is -0.128. The lowest BCUT2D eigenvalue weighted by Gasteiger charge is -2.29. The largest absolute Gasteiger partial charge is 0.334 e. The van der Waals surface area contributed by atoms with Gasteiger partial charge < -0.3 is 4.90 Å². The van der Waals surface area contributed by atoms with Crippen molar-refractivity contribution in [2.24, 2.45) is 0 Å². The predicted molar refractivity (Wildman–Crippen MR) is 122 cm³/mol. The molecular weight excluding hydrogens is 406 g/mol. The van der Waals surface area contributed by atoms with Crippen LogP contribution in [-0.4, -0.2) is 43.8 Å². The maximum absolute atomic E-state index is 13.1. The van der Waals surface area contributed by atoms with E-state index < -0.39 is 0 Å². The van der Waals surface area contributed by atoms with Crippen molar-refractivity contribution in [3.63, 3.8) is 0 Å². The van der Waals surface area contributed by atoms with E-state index in [2.05, 4.69) is 15.5 Å². The van der Waals surface area contributed by atoms with Crippen molar-refractivity contribution in [3.05, 3.63) is 102 Å². The summed E-state index contributed by atoms with van der Waals surface area (Å²) in [6, 6.07) is 27.9. The SMILES string of the molecule is Cc1ccc(-n2nnnc2SCC(=O)N(C)C(c2ccccc2)c2ccccc2)cc1. The van der Waals surface area contributed by atoms with Crippen LogP contribution in [0.15, 0.2) is 90.1 Å². The molecule has 0 unspecified atom stereocenters. The molecular formula is C24H23N5OS. The number of amides is 1. The van der Waals surface area contributed by atoms with Crippen molar-refractivity contribution < 1.29 is 4.79 Å². The van der Waals surface area contributed by atoms with Crippen molar-refractivity contribution in [2.45, 2.75) is 18.1 Å². The molecule has 6 nitrogen and oxygen atoms in total. The number of carbonyl (C=O) groups is 1. The fourth-order valence-corrected chi connectivity index (χ4v) is 4.21. The Kier molecular flexibility index (Phi) is 6.43. The first-order chi connectivity index (χ1) is 15.1. The van der Waals surface area contributed by atoms with Gasteiger partial charge in [0.15, 0.2) is 0 Å². The van der Waals surface area contributed by atoms with Crippen LogP contribution in [0, 0.1) is 6.92 Å². The van der Waals surface area contributed by atoms with E-state index in [1.165, 1.54) is 11.8 Å². The molecule has 4 aromatic rings. The average Bonchev–Trinajstić information content (AvgIpc) is 3.28. The molecule has 0 saturated carbocycles. The number of benzene rings is 3. The summed E-state index contributed by atoms with van der Waals surface area (Å²) in [4.78, 5) is 14.9. The van der Waals surface area contributed by atoms with Crippen LogP contribution >= 0.6 is 11.8 Å². The van der Waals surface area contributed by atoms with Crippen LogP contribution < -0.4 is 0 Å². The van der Waals surface area contributed by atoms with Crippen molar-refractivity contribution >= 4 is 17.7 Å². The number of hydrogen-bond donors (Lipinski definition) is 0. The van der Waals surface area contributed by atoms with Crippen LogP contribution in [0.5, 0.6) is 0 Å². The molecule has 156 valence electrons. The Morgan fingerprint density at radius 1 is 0.935 bits per heavy atom. The van der Waals surface area contributed by atoms with Gasteiger partial charge in [0.1, 0.15) is 0 Å². The minimum absolute atomic E-state index is 0.00108. The van der Waals surface area contributed by atoms with E-state index >= 15 is 0 Å². The van der Waals surface area contributed by atoms with E-state index in [9.17, 15) is 4.79 Å². The maximum Gasteiger partial charge on any atom is 0.233 e. The number of thioether (sulfide) groups is 1. The Labute approximate surface area is 185 Å². The molecule has 1 amide bonds. The van der Waals surface area contributed by atoms with Crippen molar-refractivity contribution in [2.75, 3.05) is 12.8 Å². The van der Waals surface area contributed by atoms with E-state index in [1.54, 1.807) is 9.58 Å². The summed E-state index contributed by atoms with van der Waals surface area (Å²) in [6.07, 6.45) is 0. The first kappa shape index (κ1) is 20.8. The van der Waals surface area contributed by atoms with Gasteiger partial charge in [0, 0.05) is 7.05 Å². The highest BCUT2D eigenvalue weighted by molar-refractivity contribution is 7.99. The molecule has 0 spiro atoms. The average molecular weight is 430 g/mol. The zero-order valence-electron chi connectivity index (χ0n) is 17.4. The zero-order chi connectivity index (χ0) is 21.6. The monoisotopic (exact) mass is 429 g/mol. The van der Waals surface area contributed by atoms with Crippen LogP contribution in [-0.2, 0) is 4.79 Å². The fraction of sp³-hybridized carbons (Fsp3) is 0.167. The molecule has 0 fully saturated rings. The second-order valence-electron chi connectivity index (χ2n) is 7.23. The van der Waals surface area contributed by atoms with Crippen LogP contribution in [0.3, 0.4) is 0 Å². The van der Waals surface area contributed by atoms with Gasteiger partial charge >= 0.3 is 0 Å². The highest BCUT2D eigenvalue weighted by Crippen LogP contribution is 2.28. The Bertz CT molecular complexity index is 1090. The lowest BCUT2D eigenvalue weighted by atomic mass is 9.97. The van der Waals surface area contributed by atoms with E-state index in [4.69, 9.17) is 0 Å². The minimum Gasteiger partial charge on any atom is -0.334 e. The summed E-state index contributed by atoms with van der Waals surface area (Å²) in [7, 11) is 1.84. The molecule has 0 atom stereocenters. The Balaban J connectivity index is 1.52. The van der Waals surface area contributed by atoms with Gasteiger partial charge in [-0.05, 0) is 40.6 Å². The van der Waals surface area contributed by atoms with E-state index in [0.717, 1.165) is 22.4 Å². The summed E-state index contributed by atoms with van der Waals surface area (Å²) in [5.41, 5.74) is 4.17. The molecule has 0 aliphatic carbocycles. The molecule has 1 heterocycles. The van der Waals surface area contributed by atoms with Crippen LogP contribution in [0.2, 0.25) is 0 Å². The highest BCUT2D eigenvalue weighted by Gasteiger charge is 2.24. The summed E-state index contributed by atoms with van der Waals surface area (Å²) < 4.78 is 1.66. The number of hydrogen-bond acceptors (Lipinski definition) is 5. The van der Waals surface area contributed by atoms with Gasteiger partial charge in [0.05, 0.1) is 17.5 Å². The Morgan fingerprint density at radius 3 is 2.10 bits per heavy atom. The molecule has 0 aliphatic rings. The third-order valence-corrected chi connectivity index (χ3v) is 5.96. The van der Waals surface area contributed by atoms with Gasteiger partial charge in [-0.3, -0.25) is 4.79 Å². The highest BCUT2D eigenvalue weighted by atomic mass is 32.2. The molecule has 7 heteroatoms. The van der Waals surface area contributed by atoms with Crippen LogP contribution in [0.1, 0.15) is 22.7 Å². The van der Waals surface area contributed by atoms with E-state index in [1.807, 2.05) is 98.9 Å². The summed E-state index contributed by atoms with van der Waals surface area (Å²) in [5, 5.41) is 12.6. The number of nitrogens with zero attached hydrogens (tertiary/aromatic N) is 5. The summed E-state index contributed by atoms with van der Waals surface area (Å²) in [5.74, 6) is 0.236. The van der Waals surface area contributed by atoms with Gasteiger partial charge in [0.25, 0.3) is 0 Å². The standard InChI is InChI=1S/C24H23N5OS/c1-18-13-15-21(16-14-18)29-24(25-26-27-29)31-17-22(30)28(2)23(19-9-5-3-6-10-19)20-11-7-4-8-12-20/h3-16,23H,17H2,1-2H3. The minimum atomic E-state index is -0.163. The molecule has 0 bridgehead atoms. The smallest absolute Gasteiger partial charge is 0.233 e. The third-order valence-electron chi connectivity index (χ3n) is 5.06. The number of aromatic nitrogens is 4. The van der Waals surface area contributed by atoms with Gasteiger partial charge in [-0.15, -0.1) is 5.10 Å². The Hall–Kier alpha value is -3.45. The second-order valence-corrected chi connectivity index (χ2v) is 8.17. The summed E-state index contributed by atoms with van der Waals surface area (Å²) in [6.45, 7) is 2.03. The van der Waals surface area contributed by atoms with E-state index in [0.29, 0.717) is 5.16 Å². The third kappa shape index (κ3) is 4.83.